The number of benzene rings is 1. The molecule has 8 heteroatoms. The highest BCUT2D eigenvalue weighted by Gasteiger charge is 2.26. The molecule has 4 N–H and O–H groups in total. The van der Waals surface area contributed by atoms with Crippen molar-refractivity contribution in [3.63, 3.8) is 0 Å². The van der Waals surface area contributed by atoms with Gasteiger partial charge in [0.15, 0.2) is 5.82 Å². The largest absolute Gasteiger partial charge is 0.399 e. The van der Waals surface area contributed by atoms with Crippen LogP contribution in [0.3, 0.4) is 0 Å². The Morgan fingerprint density at radius 3 is 2.55 bits per heavy atom. The highest BCUT2D eigenvalue weighted by atomic mass is 35.5. The average Bonchev–Trinajstić information content (AvgIpc) is 2.32. The minimum absolute atomic E-state index is 0.0556. The molecule has 0 aromatic heterocycles. The maximum absolute atomic E-state index is 13.9. The number of nitrogens with two attached hydrogens (primary N) is 1. The van der Waals surface area contributed by atoms with Gasteiger partial charge in [-0.15, -0.1) is 0 Å². The van der Waals surface area contributed by atoms with Crippen LogP contribution in [-0.4, -0.2) is 26.2 Å². The van der Waals surface area contributed by atoms with Crippen molar-refractivity contribution in [2.24, 2.45) is 5.92 Å². The fourth-order valence-corrected chi connectivity index (χ4v) is 3.55. The van der Waals surface area contributed by atoms with Crippen molar-refractivity contribution in [3.8, 4) is 0 Å². The summed E-state index contributed by atoms with van der Waals surface area (Å²) in [4.78, 5) is -0.592. The number of rotatable bonds is 6. The first-order valence-corrected chi connectivity index (χ1v) is 7.93. The molecule has 0 aliphatic heterocycles. The first kappa shape index (κ1) is 17.2. The monoisotopic (exact) mass is 324 g/mol. The fourth-order valence-electron chi connectivity index (χ4n) is 1.71. The summed E-state index contributed by atoms with van der Waals surface area (Å²) >= 11 is 5.60. The lowest BCUT2D eigenvalue weighted by atomic mass is 10.0. The molecule has 0 aliphatic rings. The van der Waals surface area contributed by atoms with Gasteiger partial charge in [-0.2, -0.15) is 0 Å². The summed E-state index contributed by atoms with van der Waals surface area (Å²) in [5, 5.41) is 8.59. The van der Waals surface area contributed by atoms with Crippen LogP contribution in [0.1, 0.15) is 20.3 Å². The van der Waals surface area contributed by atoms with E-state index in [0.717, 1.165) is 12.1 Å². The number of sulfonamides is 1. The molecular weight excluding hydrogens is 307 g/mol. The molecule has 1 aromatic carbocycles. The van der Waals surface area contributed by atoms with E-state index in [0.29, 0.717) is 0 Å². The Labute approximate surface area is 123 Å². The van der Waals surface area contributed by atoms with Crippen molar-refractivity contribution < 1.29 is 17.9 Å². The Morgan fingerprint density at radius 2 is 2.05 bits per heavy atom. The second-order valence-electron chi connectivity index (χ2n) is 4.80. The van der Waals surface area contributed by atoms with Gasteiger partial charge in [-0.05, 0) is 24.5 Å². The van der Waals surface area contributed by atoms with E-state index < -0.39 is 26.8 Å². The molecule has 0 spiro atoms. The minimum atomic E-state index is -4.10. The Kier molecular flexibility index (Phi) is 5.76. The predicted molar refractivity (Wildman–Crippen MR) is 76.5 cm³/mol. The molecule has 0 radical (unpaired) electrons. The topological polar surface area (TPSA) is 92.4 Å². The predicted octanol–water partition coefficient (Wildman–Crippen LogP) is 1.75. The van der Waals surface area contributed by atoms with Crippen LogP contribution in [-0.2, 0) is 10.0 Å². The van der Waals surface area contributed by atoms with Gasteiger partial charge in [-0.25, -0.2) is 17.5 Å². The Hall–Kier alpha value is -0.890. The third-order valence-electron chi connectivity index (χ3n) is 2.86. The van der Waals surface area contributed by atoms with Crippen LogP contribution in [0.25, 0.3) is 0 Å². The van der Waals surface area contributed by atoms with Crippen molar-refractivity contribution in [1.82, 2.24) is 4.72 Å². The Balaban J connectivity index is 3.17. The third kappa shape index (κ3) is 4.05. The number of aliphatic hydroxyl groups is 1. The van der Waals surface area contributed by atoms with Gasteiger partial charge in [0.05, 0.1) is 5.02 Å². The van der Waals surface area contributed by atoms with Crippen molar-refractivity contribution in [2.75, 3.05) is 12.3 Å². The first-order chi connectivity index (χ1) is 9.19. The van der Waals surface area contributed by atoms with Gasteiger partial charge in [0.1, 0.15) is 4.90 Å². The first-order valence-electron chi connectivity index (χ1n) is 6.06. The van der Waals surface area contributed by atoms with E-state index in [1.54, 1.807) is 13.8 Å². The Morgan fingerprint density at radius 1 is 1.45 bits per heavy atom. The fraction of sp³-hybridized carbons (Fsp3) is 0.500. The molecule has 0 bridgehead atoms. The van der Waals surface area contributed by atoms with E-state index in [1.807, 2.05) is 0 Å². The number of nitrogens with one attached hydrogen (secondary N) is 1. The van der Waals surface area contributed by atoms with Crippen molar-refractivity contribution in [3.05, 3.63) is 23.0 Å². The molecule has 0 aliphatic carbocycles. The quantitative estimate of drug-likeness (QED) is 0.695. The van der Waals surface area contributed by atoms with Gasteiger partial charge in [-0.3, -0.25) is 0 Å². The summed E-state index contributed by atoms with van der Waals surface area (Å²) in [5.74, 6) is -1.10. The van der Waals surface area contributed by atoms with E-state index >= 15 is 0 Å². The molecule has 5 nitrogen and oxygen atoms in total. The minimum Gasteiger partial charge on any atom is -0.399 e. The van der Waals surface area contributed by atoms with Gasteiger partial charge in [0.25, 0.3) is 0 Å². The third-order valence-corrected chi connectivity index (χ3v) is 4.62. The summed E-state index contributed by atoms with van der Waals surface area (Å²) in [7, 11) is -4.10. The number of anilines is 1. The maximum Gasteiger partial charge on any atom is 0.243 e. The molecule has 0 amide bonds. The van der Waals surface area contributed by atoms with E-state index in [-0.39, 0.29) is 29.7 Å². The van der Waals surface area contributed by atoms with Gasteiger partial charge < -0.3 is 10.8 Å². The summed E-state index contributed by atoms with van der Waals surface area (Å²) in [6, 6.07) is 1.65. The van der Waals surface area contributed by atoms with E-state index in [4.69, 9.17) is 22.4 Å². The zero-order valence-electron chi connectivity index (χ0n) is 11.2. The second-order valence-corrected chi connectivity index (χ2v) is 6.89. The molecule has 114 valence electrons. The molecule has 0 heterocycles. The van der Waals surface area contributed by atoms with Crippen LogP contribution in [0.4, 0.5) is 10.1 Å². The summed E-state index contributed by atoms with van der Waals surface area (Å²) in [5.41, 5.74) is 5.55. The zero-order valence-corrected chi connectivity index (χ0v) is 12.8. The van der Waals surface area contributed by atoms with E-state index in [2.05, 4.69) is 4.72 Å². The zero-order chi connectivity index (χ0) is 15.5. The van der Waals surface area contributed by atoms with E-state index in [9.17, 15) is 12.8 Å². The van der Waals surface area contributed by atoms with Gasteiger partial charge in [0.2, 0.25) is 10.0 Å². The van der Waals surface area contributed by atoms with Gasteiger partial charge >= 0.3 is 0 Å². The summed E-state index contributed by atoms with van der Waals surface area (Å²) in [6.45, 7) is 3.42. The van der Waals surface area contributed by atoms with E-state index in [1.165, 1.54) is 0 Å². The molecule has 0 fully saturated rings. The van der Waals surface area contributed by atoms with Crippen LogP contribution in [0.15, 0.2) is 17.0 Å². The Bertz CT molecular complexity index is 578. The lowest BCUT2D eigenvalue weighted by molar-refractivity contribution is 0.256. The number of hydrogen-bond acceptors (Lipinski definition) is 4. The second kappa shape index (κ2) is 6.71. The summed E-state index contributed by atoms with van der Waals surface area (Å²) < 4.78 is 40.6. The highest BCUT2D eigenvalue weighted by Crippen LogP contribution is 2.26. The van der Waals surface area contributed by atoms with Gasteiger partial charge in [0, 0.05) is 18.3 Å². The average molecular weight is 325 g/mol. The standard InChI is InChI=1S/C12H18ClFN2O3S/c1-7(2)10(3-4-17)16-20(18,19)11-6-8(15)5-9(13)12(11)14/h5-7,10,16-17H,3-4,15H2,1-2H3. The van der Waals surface area contributed by atoms with Crippen LogP contribution in [0, 0.1) is 11.7 Å². The molecule has 1 aromatic rings. The van der Waals surface area contributed by atoms with Crippen LogP contribution < -0.4 is 10.5 Å². The molecule has 0 saturated heterocycles. The molecule has 1 unspecified atom stereocenters. The highest BCUT2D eigenvalue weighted by molar-refractivity contribution is 7.89. The lowest BCUT2D eigenvalue weighted by Crippen LogP contribution is -2.39. The number of aliphatic hydroxyl groups excluding tert-OH is 1. The van der Waals surface area contributed by atoms with Crippen molar-refractivity contribution in [1.29, 1.82) is 0 Å². The molecule has 20 heavy (non-hydrogen) atoms. The maximum atomic E-state index is 13.9. The lowest BCUT2D eigenvalue weighted by Gasteiger charge is -2.21. The molecular formula is C12H18ClFN2O3S. The summed E-state index contributed by atoms with van der Waals surface area (Å²) in [6.07, 6.45) is 0.231. The number of nitrogen functional groups attached to an aromatic ring is 1. The normalized spacial score (nSPS) is 13.7. The van der Waals surface area contributed by atoms with Crippen LogP contribution in [0.2, 0.25) is 5.02 Å². The SMILES string of the molecule is CC(C)C(CCO)NS(=O)(=O)c1cc(N)cc(Cl)c1F. The van der Waals surface area contributed by atoms with Crippen molar-refractivity contribution in [2.45, 2.75) is 31.2 Å². The smallest absolute Gasteiger partial charge is 0.243 e. The number of hydrogen-bond donors (Lipinski definition) is 3. The van der Waals surface area contributed by atoms with Crippen LogP contribution >= 0.6 is 11.6 Å². The van der Waals surface area contributed by atoms with Gasteiger partial charge in [-0.1, -0.05) is 25.4 Å². The molecule has 1 rings (SSSR count). The van der Waals surface area contributed by atoms with Crippen molar-refractivity contribution >= 4 is 27.3 Å². The number of halogens is 2. The van der Waals surface area contributed by atoms with Crippen LogP contribution in [0.5, 0.6) is 0 Å². The molecule has 1 atom stereocenters. The molecule has 0 saturated carbocycles.